The molecule has 0 amide bonds. The van der Waals surface area contributed by atoms with Crippen molar-refractivity contribution in [2.24, 2.45) is 0 Å². The van der Waals surface area contributed by atoms with Crippen molar-refractivity contribution in [2.75, 3.05) is 10.0 Å². The van der Waals surface area contributed by atoms with Crippen LogP contribution in [0.5, 0.6) is 0 Å². The third-order valence-corrected chi connectivity index (χ3v) is 7.19. The average molecular weight is 507 g/mol. The van der Waals surface area contributed by atoms with E-state index in [-0.39, 0.29) is 4.90 Å². The Morgan fingerprint density at radius 2 is 1.66 bits per heavy atom. The molecule has 0 aliphatic rings. The zero-order valence-corrected chi connectivity index (χ0v) is 19.9. The van der Waals surface area contributed by atoms with E-state index >= 15 is 0 Å². The molecule has 9 heteroatoms. The van der Waals surface area contributed by atoms with Crippen LogP contribution in [0.1, 0.15) is 11.3 Å². The fraction of sp³-hybridized carbons (Fsp3) is 0.0870. The molecular weight excluding hydrogens is 489 g/mol. The van der Waals surface area contributed by atoms with E-state index in [2.05, 4.69) is 15.0 Å². The fourth-order valence-corrected chi connectivity index (χ4v) is 4.96. The van der Waals surface area contributed by atoms with Crippen molar-refractivity contribution in [3.8, 4) is 0 Å². The highest BCUT2D eigenvalue weighted by atomic mass is 35.5. The zero-order valence-electron chi connectivity index (χ0n) is 16.9. The van der Waals surface area contributed by atoms with Crippen LogP contribution in [-0.4, -0.2) is 13.4 Å². The van der Waals surface area contributed by atoms with E-state index in [9.17, 15) is 8.42 Å². The summed E-state index contributed by atoms with van der Waals surface area (Å²) in [4.78, 5) is 4.61. The minimum atomic E-state index is -3.88. The Balaban J connectivity index is 1.70. The van der Waals surface area contributed by atoms with Crippen LogP contribution in [0.2, 0.25) is 15.1 Å². The lowest BCUT2D eigenvalue weighted by Crippen LogP contribution is -2.14. The predicted octanol–water partition coefficient (Wildman–Crippen LogP) is 6.92. The third-order valence-electron chi connectivity index (χ3n) is 4.78. The molecule has 4 rings (SSSR count). The molecule has 1 heterocycles. The van der Waals surface area contributed by atoms with Gasteiger partial charge in [0.15, 0.2) is 0 Å². The molecule has 0 fully saturated rings. The molecule has 0 unspecified atom stereocenters. The second kappa shape index (κ2) is 9.16. The number of hydrogen-bond acceptors (Lipinski definition) is 4. The van der Waals surface area contributed by atoms with Gasteiger partial charge in [-0.1, -0.05) is 53.0 Å². The number of benzene rings is 3. The first-order valence-corrected chi connectivity index (χ1v) is 12.2. The van der Waals surface area contributed by atoms with Crippen LogP contribution in [0.4, 0.5) is 11.4 Å². The van der Waals surface area contributed by atoms with Crippen LogP contribution in [-0.2, 0) is 16.6 Å². The fourth-order valence-electron chi connectivity index (χ4n) is 3.29. The summed E-state index contributed by atoms with van der Waals surface area (Å²) in [7, 11) is -3.88. The van der Waals surface area contributed by atoms with Crippen molar-refractivity contribution >= 4 is 67.1 Å². The number of sulfonamides is 1. The minimum Gasteiger partial charge on any atom is -0.380 e. The van der Waals surface area contributed by atoms with Gasteiger partial charge in [-0.15, -0.1) is 0 Å². The first kappa shape index (κ1) is 22.7. The Kier molecular flexibility index (Phi) is 6.49. The number of pyridine rings is 1. The summed E-state index contributed by atoms with van der Waals surface area (Å²) < 4.78 is 28.9. The Morgan fingerprint density at radius 3 is 2.38 bits per heavy atom. The Labute approximate surface area is 201 Å². The Morgan fingerprint density at radius 1 is 0.906 bits per heavy atom. The van der Waals surface area contributed by atoms with Crippen LogP contribution in [0, 0.1) is 6.92 Å². The maximum Gasteiger partial charge on any atom is 0.264 e. The van der Waals surface area contributed by atoms with E-state index in [1.807, 2.05) is 25.1 Å². The summed E-state index contributed by atoms with van der Waals surface area (Å²) >= 11 is 18.0. The number of para-hydroxylation sites is 1. The number of aromatic nitrogens is 1. The van der Waals surface area contributed by atoms with Gasteiger partial charge in [-0.25, -0.2) is 8.42 Å². The van der Waals surface area contributed by atoms with E-state index < -0.39 is 10.0 Å². The molecule has 0 saturated carbocycles. The number of fused-ring (bicyclic) bond motifs is 1. The molecule has 5 nitrogen and oxygen atoms in total. The number of hydrogen-bond donors (Lipinski definition) is 2. The van der Waals surface area contributed by atoms with Crippen molar-refractivity contribution in [3.63, 3.8) is 0 Å². The quantitative estimate of drug-likeness (QED) is 0.298. The Hall–Kier alpha value is -2.51. The molecule has 0 bridgehead atoms. The van der Waals surface area contributed by atoms with Gasteiger partial charge in [0.1, 0.15) is 4.90 Å². The van der Waals surface area contributed by atoms with Gasteiger partial charge in [0.05, 0.1) is 15.6 Å². The normalized spacial score (nSPS) is 11.5. The minimum absolute atomic E-state index is 0.0891. The van der Waals surface area contributed by atoms with Crippen molar-refractivity contribution in [1.82, 2.24) is 4.98 Å². The molecule has 0 aliphatic carbocycles. The molecular formula is C23H18Cl3N3O2S. The molecule has 0 radical (unpaired) electrons. The van der Waals surface area contributed by atoms with Crippen LogP contribution >= 0.6 is 34.8 Å². The maximum atomic E-state index is 13.1. The van der Waals surface area contributed by atoms with Gasteiger partial charge >= 0.3 is 0 Å². The van der Waals surface area contributed by atoms with Gasteiger partial charge in [0, 0.05) is 34.0 Å². The first-order chi connectivity index (χ1) is 15.2. The highest BCUT2D eigenvalue weighted by Gasteiger charge is 2.20. The number of nitrogens with one attached hydrogen (secondary N) is 2. The molecule has 0 spiro atoms. The summed E-state index contributed by atoms with van der Waals surface area (Å²) in [6.07, 6.45) is 0. The molecule has 1 aromatic heterocycles. The number of aryl methyl sites for hydroxylation is 1. The third kappa shape index (κ3) is 4.94. The van der Waals surface area contributed by atoms with Gasteiger partial charge in [0.2, 0.25) is 0 Å². The Bertz CT molecular complexity index is 1410. The van der Waals surface area contributed by atoms with E-state index in [0.29, 0.717) is 43.9 Å². The smallest absolute Gasteiger partial charge is 0.264 e. The van der Waals surface area contributed by atoms with Crippen LogP contribution in [0.25, 0.3) is 10.9 Å². The highest BCUT2D eigenvalue weighted by molar-refractivity contribution is 7.93. The lowest BCUT2D eigenvalue weighted by atomic mass is 10.1. The second-order valence-electron chi connectivity index (χ2n) is 7.18. The monoisotopic (exact) mass is 505 g/mol. The molecule has 0 atom stereocenters. The summed E-state index contributed by atoms with van der Waals surface area (Å²) in [5, 5.41) is 5.53. The zero-order chi connectivity index (χ0) is 22.9. The van der Waals surface area contributed by atoms with Crippen LogP contribution in [0.3, 0.4) is 0 Å². The second-order valence-corrected chi connectivity index (χ2v) is 10.1. The molecule has 2 N–H and O–H groups in total. The summed E-state index contributed by atoms with van der Waals surface area (Å²) in [6, 6.07) is 18.8. The predicted molar refractivity (Wildman–Crippen MR) is 133 cm³/mol. The van der Waals surface area contributed by atoms with Gasteiger partial charge < -0.3 is 5.32 Å². The molecule has 0 aliphatic heterocycles. The maximum absolute atomic E-state index is 13.1. The number of rotatable bonds is 6. The standard InChI is InChI=1S/C23H18Cl3N3O2S/c1-14-11-21(27-13-15-5-10-19(25)20(26)12-15)18-3-2-4-22(23(18)28-14)32(30,31)29-17-8-6-16(24)7-9-17/h2-12,29H,13H2,1H3,(H,27,28). The lowest BCUT2D eigenvalue weighted by Gasteiger charge is -2.14. The van der Waals surface area contributed by atoms with Crippen molar-refractivity contribution < 1.29 is 8.42 Å². The van der Waals surface area contributed by atoms with Gasteiger partial charge in [0.25, 0.3) is 10.0 Å². The van der Waals surface area contributed by atoms with E-state index in [1.54, 1.807) is 42.5 Å². The summed E-state index contributed by atoms with van der Waals surface area (Å²) in [6.45, 7) is 2.30. The largest absolute Gasteiger partial charge is 0.380 e. The SMILES string of the molecule is Cc1cc(NCc2ccc(Cl)c(Cl)c2)c2cccc(S(=O)(=O)Nc3ccc(Cl)cc3)c2n1. The van der Waals surface area contributed by atoms with E-state index in [1.165, 1.54) is 6.07 Å². The molecule has 3 aromatic carbocycles. The van der Waals surface area contributed by atoms with E-state index in [4.69, 9.17) is 34.8 Å². The summed E-state index contributed by atoms with van der Waals surface area (Å²) in [5.41, 5.74) is 3.18. The van der Waals surface area contributed by atoms with Gasteiger partial charge in [-0.2, -0.15) is 0 Å². The molecule has 4 aromatic rings. The van der Waals surface area contributed by atoms with Crippen LogP contribution < -0.4 is 10.0 Å². The molecule has 0 saturated heterocycles. The number of anilines is 2. The van der Waals surface area contributed by atoms with Gasteiger partial charge in [-0.05, 0) is 61.0 Å². The van der Waals surface area contributed by atoms with Crippen LogP contribution in [0.15, 0.2) is 71.6 Å². The lowest BCUT2D eigenvalue weighted by molar-refractivity contribution is 0.602. The average Bonchev–Trinajstić information content (AvgIpc) is 2.75. The first-order valence-electron chi connectivity index (χ1n) is 9.59. The van der Waals surface area contributed by atoms with Crippen molar-refractivity contribution in [3.05, 3.63) is 93.1 Å². The highest BCUT2D eigenvalue weighted by Crippen LogP contribution is 2.30. The summed E-state index contributed by atoms with van der Waals surface area (Å²) in [5.74, 6) is 0. The van der Waals surface area contributed by atoms with Crippen molar-refractivity contribution in [1.29, 1.82) is 0 Å². The van der Waals surface area contributed by atoms with E-state index in [0.717, 1.165) is 11.3 Å². The number of nitrogens with zero attached hydrogens (tertiary/aromatic N) is 1. The van der Waals surface area contributed by atoms with Gasteiger partial charge in [-0.3, -0.25) is 9.71 Å². The van der Waals surface area contributed by atoms with Crippen molar-refractivity contribution in [2.45, 2.75) is 18.4 Å². The molecule has 32 heavy (non-hydrogen) atoms. The number of halogens is 3. The molecule has 164 valence electrons. The topological polar surface area (TPSA) is 71.1 Å².